The molecule has 1 heterocycles. The first kappa shape index (κ1) is 23.3. The van der Waals surface area contributed by atoms with Crippen LogP contribution < -0.4 is 56.1 Å². The van der Waals surface area contributed by atoms with Gasteiger partial charge in [0, 0.05) is 39.3 Å². The topological polar surface area (TPSA) is 125 Å². The van der Waals surface area contributed by atoms with E-state index in [0.717, 1.165) is 13.1 Å². The number of aliphatic hydroxyl groups excluding tert-OH is 2. The number of morpholine rings is 1. The molecule has 0 radical (unpaired) electrons. The first-order valence-corrected chi connectivity index (χ1v) is 8.22. The van der Waals surface area contributed by atoms with Gasteiger partial charge in [-0.25, -0.2) is 13.1 Å². The van der Waals surface area contributed by atoms with Crippen LogP contribution in [0.4, 0.5) is 0 Å². The predicted octanol–water partition coefficient (Wildman–Crippen LogP) is -5.97. The molecule has 126 valence electrons. The molecule has 0 amide bonds. The van der Waals surface area contributed by atoms with Crippen molar-refractivity contribution in [3.05, 3.63) is 0 Å². The Morgan fingerprint density at radius 1 is 1.27 bits per heavy atom. The molecular formula is C11H24KN3O6S. The van der Waals surface area contributed by atoms with Gasteiger partial charge in [-0.2, -0.15) is 0 Å². The number of nitrogens with one attached hydrogen (secondary N) is 1. The molecule has 0 aromatic carbocycles. The van der Waals surface area contributed by atoms with Gasteiger partial charge in [0.25, 0.3) is 0 Å². The van der Waals surface area contributed by atoms with E-state index in [0.29, 0.717) is 26.3 Å². The summed E-state index contributed by atoms with van der Waals surface area (Å²) in [5.74, 6) is 0. The van der Waals surface area contributed by atoms with Gasteiger partial charge in [0.1, 0.15) is 0 Å². The Balaban J connectivity index is 0.00000441. The van der Waals surface area contributed by atoms with E-state index in [4.69, 9.17) is 4.74 Å². The molecule has 0 aromatic rings. The number of likely N-dealkylation sites (N-methyl/N-ethyl adjacent to an activating group) is 1. The summed E-state index contributed by atoms with van der Waals surface area (Å²) in [6.07, 6.45) is -1.58. The van der Waals surface area contributed by atoms with Crippen LogP contribution in [0.5, 0.6) is 0 Å². The van der Waals surface area contributed by atoms with Crippen molar-refractivity contribution in [2.24, 2.45) is 0 Å². The van der Waals surface area contributed by atoms with Crippen LogP contribution >= 0.6 is 0 Å². The maximum Gasteiger partial charge on any atom is 1.00 e. The number of hydrogen-bond donors (Lipinski definition) is 3. The van der Waals surface area contributed by atoms with Gasteiger partial charge >= 0.3 is 51.4 Å². The van der Waals surface area contributed by atoms with Crippen LogP contribution in [0.15, 0.2) is 0 Å². The molecule has 1 saturated heterocycles. The second-order valence-electron chi connectivity index (χ2n) is 5.24. The van der Waals surface area contributed by atoms with Gasteiger partial charge in [0.2, 0.25) is 0 Å². The quantitative estimate of drug-likeness (QED) is 0.272. The molecule has 9 nitrogen and oxygen atoms in total. The Kier molecular flexibility index (Phi) is 12.5. The number of hydrogen-bond acceptors (Lipinski definition) is 8. The molecular weight excluding hydrogens is 341 g/mol. The van der Waals surface area contributed by atoms with E-state index >= 15 is 0 Å². The Labute approximate surface area is 174 Å². The van der Waals surface area contributed by atoms with E-state index < -0.39 is 22.5 Å². The summed E-state index contributed by atoms with van der Waals surface area (Å²) in [7, 11) is -2.84. The molecule has 0 spiro atoms. The third kappa shape index (κ3) is 11.8. The van der Waals surface area contributed by atoms with Crippen LogP contribution in [-0.4, -0.2) is 105 Å². The van der Waals surface area contributed by atoms with E-state index in [2.05, 4.69) is 4.90 Å². The number of rotatable bonds is 9. The number of nitrogens with zero attached hydrogens (tertiary/aromatic N) is 2. The zero-order valence-corrected chi connectivity index (χ0v) is 17.1. The largest absolute Gasteiger partial charge is 1.00 e. The van der Waals surface area contributed by atoms with Crippen molar-refractivity contribution in [1.29, 1.82) is 0 Å². The van der Waals surface area contributed by atoms with Gasteiger partial charge in [0.05, 0.1) is 25.4 Å². The normalized spacial score (nSPS) is 19.7. The molecule has 0 aliphatic carbocycles. The Morgan fingerprint density at radius 3 is 2.36 bits per heavy atom. The minimum Gasteiger partial charge on any atom is -0.735 e. The van der Waals surface area contributed by atoms with Crippen molar-refractivity contribution in [2.45, 2.75) is 12.2 Å². The van der Waals surface area contributed by atoms with Crippen LogP contribution in [0, 0.1) is 0 Å². The average molecular weight is 365 g/mol. The minimum atomic E-state index is -4.54. The molecule has 1 aliphatic rings. The summed E-state index contributed by atoms with van der Waals surface area (Å²) in [5.41, 5.74) is 0. The van der Waals surface area contributed by atoms with Crippen LogP contribution in [0.2, 0.25) is 0 Å². The zero-order valence-electron chi connectivity index (χ0n) is 13.1. The fourth-order valence-corrected chi connectivity index (χ4v) is 2.59. The molecule has 22 heavy (non-hydrogen) atoms. The second kappa shape index (κ2) is 11.8. The fourth-order valence-electron chi connectivity index (χ4n) is 2.20. The van der Waals surface area contributed by atoms with Crippen molar-refractivity contribution < 1.29 is 79.3 Å². The van der Waals surface area contributed by atoms with Crippen molar-refractivity contribution >= 4 is 10.3 Å². The smallest absolute Gasteiger partial charge is 0.735 e. The Bertz CT molecular complexity index is 393. The van der Waals surface area contributed by atoms with Gasteiger partial charge in [0.15, 0.2) is 10.3 Å². The molecule has 2 unspecified atom stereocenters. The number of ether oxygens (including phenoxy) is 1. The summed E-state index contributed by atoms with van der Waals surface area (Å²) >= 11 is 0. The van der Waals surface area contributed by atoms with Crippen molar-refractivity contribution in [3.63, 3.8) is 0 Å². The summed E-state index contributed by atoms with van der Waals surface area (Å²) in [4.78, 5) is 3.79. The standard InChI is InChI=1S/C11H25N3O6S.K/c1-13(7-10(15)6-12-21(17,18)19)8-11(16)9-14-2-4-20-5-3-14;/h10-12,15-16H,2-9H2,1H3,(H,17,18,19);/q;+1/p-1. The minimum absolute atomic E-state index is 0. The molecule has 1 fully saturated rings. The van der Waals surface area contributed by atoms with Gasteiger partial charge in [-0.3, -0.25) is 4.90 Å². The summed E-state index contributed by atoms with van der Waals surface area (Å²) in [6.45, 7) is 3.59. The summed E-state index contributed by atoms with van der Waals surface area (Å²) in [5, 5.41) is 19.6. The van der Waals surface area contributed by atoms with Crippen LogP contribution in [-0.2, 0) is 15.0 Å². The molecule has 0 aromatic heterocycles. The molecule has 0 saturated carbocycles. The molecule has 0 bridgehead atoms. The summed E-state index contributed by atoms with van der Waals surface area (Å²) in [6, 6.07) is 0. The SMILES string of the molecule is CN(CC(O)CNS(=O)(=O)[O-])CC(O)CN1CCOCC1.[K+]. The average Bonchev–Trinajstić information content (AvgIpc) is 2.36. The molecule has 1 aliphatic heterocycles. The summed E-state index contributed by atoms with van der Waals surface area (Å²) < 4.78 is 38.0. The van der Waals surface area contributed by atoms with Gasteiger partial charge in [-0.05, 0) is 7.05 Å². The maximum absolute atomic E-state index is 10.4. The van der Waals surface area contributed by atoms with E-state index in [1.54, 1.807) is 16.7 Å². The fraction of sp³-hybridized carbons (Fsp3) is 1.00. The van der Waals surface area contributed by atoms with Gasteiger partial charge in [-0.1, -0.05) is 0 Å². The Hall–Kier alpha value is 1.31. The first-order valence-electron chi connectivity index (χ1n) is 6.81. The van der Waals surface area contributed by atoms with E-state index in [1.165, 1.54) is 0 Å². The van der Waals surface area contributed by atoms with E-state index in [-0.39, 0.29) is 64.5 Å². The number of aliphatic hydroxyl groups is 2. The molecule has 2 atom stereocenters. The van der Waals surface area contributed by atoms with Crippen LogP contribution in [0.25, 0.3) is 0 Å². The predicted molar refractivity (Wildman–Crippen MR) is 74.5 cm³/mol. The zero-order chi connectivity index (χ0) is 15.9. The van der Waals surface area contributed by atoms with E-state index in [1.807, 2.05) is 0 Å². The maximum atomic E-state index is 10.4. The van der Waals surface area contributed by atoms with Crippen molar-refractivity contribution in [1.82, 2.24) is 14.5 Å². The van der Waals surface area contributed by atoms with E-state index in [9.17, 15) is 23.2 Å². The molecule has 1 rings (SSSR count). The van der Waals surface area contributed by atoms with Gasteiger partial charge < -0.3 is 24.4 Å². The van der Waals surface area contributed by atoms with Crippen molar-refractivity contribution in [3.8, 4) is 0 Å². The van der Waals surface area contributed by atoms with Crippen LogP contribution in [0.3, 0.4) is 0 Å². The molecule has 11 heteroatoms. The van der Waals surface area contributed by atoms with Crippen molar-refractivity contribution in [2.75, 3.05) is 59.5 Å². The van der Waals surface area contributed by atoms with Gasteiger partial charge in [-0.15, -0.1) is 0 Å². The monoisotopic (exact) mass is 365 g/mol. The number of β-amino-alcohol motifs (C(OH)–C–C–N with tert-alkyl or cyclic N) is 1. The molecule has 3 N–H and O–H groups in total. The second-order valence-corrected chi connectivity index (χ2v) is 6.44. The third-order valence-electron chi connectivity index (χ3n) is 3.11. The Morgan fingerprint density at radius 2 is 1.82 bits per heavy atom. The van der Waals surface area contributed by atoms with Crippen LogP contribution in [0.1, 0.15) is 0 Å². The first-order chi connectivity index (χ1) is 9.76. The third-order valence-corrected chi connectivity index (χ3v) is 3.63.